The summed E-state index contributed by atoms with van der Waals surface area (Å²) < 4.78 is 6.01. The maximum atomic E-state index is 12.2. The van der Waals surface area contributed by atoms with E-state index in [1.165, 1.54) is 0 Å². The lowest BCUT2D eigenvalue weighted by atomic mass is 10.1. The first-order valence-corrected chi connectivity index (χ1v) is 8.12. The monoisotopic (exact) mass is 326 g/mol. The normalized spacial score (nSPS) is 11.2. The summed E-state index contributed by atoms with van der Waals surface area (Å²) in [6.45, 7) is 8.51. The number of hydrogen-bond donors (Lipinski definition) is 2. The van der Waals surface area contributed by atoms with Crippen molar-refractivity contribution in [3.63, 3.8) is 0 Å². The van der Waals surface area contributed by atoms with Gasteiger partial charge in [0.1, 0.15) is 11.4 Å². The molecular weight excluding hydrogens is 300 g/mol. The van der Waals surface area contributed by atoms with Crippen LogP contribution >= 0.6 is 0 Å². The van der Waals surface area contributed by atoms with Crippen LogP contribution in [0, 0.1) is 6.92 Å². The molecule has 0 unspecified atom stereocenters. The summed E-state index contributed by atoms with van der Waals surface area (Å²) in [6.07, 6.45) is 0.335. The second-order valence-corrected chi connectivity index (χ2v) is 7.02. The Morgan fingerprint density at radius 2 is 1.79 bits per heavy atom. The van der Waals surface area contributed by atoms with Crippen LogP contribution in [0.3, 0.4) is 0 Å². The summed E-state index contributed by atoms with van der Waals surface area (Å²) in [4.78, 5) is 12.2. The topological polar surface area (TPSA) is 64.4 Å². The van der Waals surface area contributed by atoms with Gasteiger partial charge in [-0.05, 0) is 57.0 Å². The van der Waals surface area contributed by atoms with E-state index >= 15 is 0 Å². The Labute approximate surface area is 144 Å². The van der Waals surface area contributed by atoms with Crippen LogP contribution in [0.2, 0.25) is 0 Å². The number of carbonyl (C=O) groups excluding carboxylic acids is 1. The second kappa shape index (κ2) is 7.39. The van der Waals surface area contributed by atoms with Gasteiger partial charge in [-0.3, -0.25) is 4.79 Å². The number of anilines is 1. The third-order valence-electron chi connectivity index (χ3n) is 3.46. The molecule has 0 aliphatic rings. The fraction of sp³-hybridized carbons (Fsp3) is 0.350. The average Bonchev–Trinajstić information content (AvgIpc) is 2.47. The molecule has 1 amide bonds. The molecule has 2 rings (SSSR count). The molecule has 3 N–H and O–H groups in total. The molecule has 0 fully saturated rings. The number of benzene rings is 2. The molecule has 4 nitrogen and oxygen atoms in total. The number of nitrogens with two attached hydrogens (primary N) is 1. The minimum absolute atomic E-state index is 0.0259. The standard InChI is InChI=1S/C20H26N2O2/c1-14-5-8-16(18(11-14)24-20(2,3)4)13-22-19(23)12-15-6-9-17(21)10-7-15/h5-11H,12-13,21H2,1-4H3,(H,22,23). The molecule has 0 aliphatic carbocycles. The molecule has 0 aliphatic heterocycles. The fourth-order valence-corrected chi connectivity index (χ4v) is 2.31. The highest BCUT2D eigenvalue weighted by Crippen LogP contribution is 2.24. The zero-order chi connectivity index (χ0) is 17.7. The van der Waals surface area contributed by atoms with Gasteiger partial charge < -0.3 is 15.8 Å². The van der Waals surface area contributed by atoms with Gasteiger partial charge in [-0.25, -0.2) is 0 Å². The highest BCUT2D eigenvalue weighted by Gasteiger charge is 2.15. The number of hydrogen-bond acceptors (Lipinski definition) is 3. The van der Waals surface area contributed by atoms with Gasteiger partial charge in [-0.1, -0.05) is 24.3 Å². The first-order valence-electron chi connectivity index (χ1n) is 8.12. The van der Waals surface area contributed by atoms with Gasteiger partial charge in [0.05, 0.1) is 6.42 Å². The van der Waals surface area contributed by atoms with Gasteiger partial charge >= 0.3 is 0 Å². The van der Waals surface area contributed by atoms with Crippen LogP contribution in [-0.2, 0) is 17.8 Å². The lowest BCUT2D eigenvalue weighted by Crippen LogP contribution is -2.27. The Morgan fingerprint density at radius 1 is 1.12 bits per heavy atom. The molecule has 0 heterocycles. The van der Waals surface area contributed by atoms with Crippen LogP contribution in [0.15, 0.2) is 42.5 Å². The van der Waals surface area contributed by atoms with Crippen molar-refractivity contribution in [3.05, 3.63) is 59.2 Å². The van der Waals surface area contributed by atoms with E-state index in [1.807, 2.05) is 58.0 Å². The SMILES string of the molecule is Cc1ccc(CNC(=O)Cc2ccc(N)cc2)c(OC(C)(C)C)c1. The maximum absolute atomic E-state index is 12.2. The van der Waals surface area contributed by atoms with Crippen molar-refractivity contribution in [1.82, 2.24) is 5.32 Å². The Hall–Kier alpha value is -2.49. The van der Waals surface area contributed by atoms with Crippen molar-refractivity contribution >= 4 is 11.6 Å². The number of rotatable bonds is 5. The molecule has 2 aromatic carbocycles. The van der Waals surface area contributed by atoms with E-state index < -0.39 is 0 Å². The number of amides is 1. The van der Waals surface area contributed by atoms with Crippen LogP contribution in [-0.4, -0.2) is 11.5 Å². The van der Waals surface area contributed by atoms with Crippen LogP contribution < -0.4 is 15.8 Å². The average molecular weight is 326 g/mol. The van der Waals surface area contributed by atoms with E-state index in [0.29, 0.717) is 18.7 Å². The van der Waals surface area contributed by atoms with Crippen molar-refractivity contribution in [1.29, 1.82) is 0 Å². The Kier molecular flexibility index (Phi) is 5.50. The largest absolute Gasteiger partial charge is 0.488 e. The molecule has 4 heteroatoms. The van der Waals surface area contributed by atoms with Crippen molar-refractivity contribution in [2.24, 2.45) is 0 Å². The fourth-order valence-electron chi connectivity index (χ4n) is 2.31. The van der Waals surface area contributed by atoms with Gasteiger partial charge in [0.2, 0.25) is 5.91 Å². The van der Waals surface area contributed by atoms with E-state index in [-0.39, 0.29) is 11.5 Å². The third-order valence-corrected chi connectivity index (χ3v) is 3.46. The molecular formula is C20H26N2O2. The Morgan fingerprint density at radius 3 is 2.42 bits per heavy atom. The molecule has 0 radical (unpaired) electrons. The predicted molar refractivity (Wildman–Crippen MR) is 98.0 cm³/mol. The second-order valence-electron chi connectivity index (χ2n) is 7.02. The molecule has 0 spiro atoms. The number of carbonyl (C=O) groups is 1. The first-order chi connectivity index (χ1) is 11.2. The molecule has 24 heavy (non-hydrogen) atoms. The number of ether oxygens (including phenoxy) is 1. The summed E-state index contributed by atoms with van der Waals surface area (Å²) in [6, 6.07) is 13.4. The first kappa shape index (κ1) is 17.9. The highest BCUT2D eigenvalue weighted by molar-refractivity contribution is 5.78. The number of nitrogen functional groups attached to an aromatic ring is 1. The van der Waals surface area contributed by atoms with E-state index in [0.717, 1.165) is 22.4 Å². The van der Waals surface area contributed by atoms with Crippen molar-refractivity contribution in [2.45, 2.75) is 46.3 Å². The summed E-state index contributed by atoms with van der Waals surface area (Å²) in [7, 11) is 0. The summed E-state index contributed by atoms with van der Waals surface area (Å²) in [5, 5.41) is 2.96. The van der Waals surface area contributed by atoms with Crippen LogP contribution in [0.4, 0.5) is 5.69 Å². The molecule has 0 atom stereocenters. The predicted octanol–water partition coefficient (Wildman–Crippen LogP) is 3.61. The quantitative estimate of drug-likeness (QED) is 0.825. The molecule has 2 aromatic rings. The Balaban J connectivity index is 2.00. The molecule has 0 aromatic heterocycles. The lowest BCUT2D eigenvalue weighted by molar-refractivity contribution is -0.120. The van der Waals surface area contributed by atoms with Crippen LogP contribution in [0.25, 0.3) is 0 Å². The van der Waals surface area contributed by atoms with E-state index in [2.05, 4.69) is 5.32 Å². The van der Waals surface area contributed by atoms with Gasteiger partial charge in [0.15, 0.2) is 0 Å². The summed E-state index contributed by atoms with van der Waals surface area (Å²) in [5.74, 6) is 0.789. The van der Waals surface area contributed by atoms with E-state index in [4.69, 9.17) is 10.5 Å². The zero-order valence-electron chi connectivity index (χ0n) is 14.8. The summed E-state index contributed by atoms with van der Waals surface area (Å²) in [5.41, 5.74) is 9.12. The summed E-state index contributed by atoms with van der Waals surface area (Å²) >= 11 is 0. The van der Waals surface area contributed by atoms with Gasteiger partial charge in [0.25, 0.3) is 0 Å². The lowest BCUT2D eigenvalue weighted by Gasteiger charge is -2.23. The van der Waals surface area contributed by atoms with Crippen LogP contribution in [0.5, 0.6) is 5.75 Å². The van der Waals surface area contributed by atoms with Gasteiger partial charge in [-0.15, -0.1) is 0 Å². The van der Waals surface area contributed by atoms with Gasteiger partial charge in [0, 0.05) is 17.8 Å². The molecule has 0 bridgehead atoms. The minimum atomic E-state index is -0.281. The Bertz CT molecular complexity index is 701. The smallest absolute Gasteiger partial charge is 0.224 e. The molecule has 128 valence electrons. The number of nitrogens with one attached hydrogen (secondary N) is 1. The van der Waals surface area contributed by atoms with E-state index in [1.54, 1.807) is 12.1 Å². The maximum Gasteiger partial charge on any atom is 0.224 e. The van der Waals surface area contributed by atoms with Crippen molar-refractivity contribution in [3.8, 4) is 5.75 Å². The van der Waals surface area contributed by atoms with Gasteiger partial charge in [-0.2, -0.15) is 0 Å². The molecule has 0 saturated carbocycles. The van der Waals surface area contributed by atoms with Crippen molar-refractivity contribution < 1.29 is 9.53 Å². The van der Waals surface area contributed by atoms with E-state index in [9.17, 15) is 4.79 Å². The highest BCUT2D eigenvalue weighted by atomic mass is 16.5. The zero-order valence-corrected chi connectivity index (χ0v) is 14.8. The minimum Gasteiger partial charge on any atom is -0.488 e. The molecule has 0 saturated heterocycles. The van der Waals surface area contributed by atoms with Crippen molar-refractivity contribution in [2.75, 3.05) is 5.73 Å². The van der Waals surface area contributed by atoms with Crippen LogP contribution in [0.1, 0.15) is 37.5 Å². The third kappa shape index (κ3) is 5.61. The number of aryl methyl sites for hydroxylation is 1.